The van der Waals surface area contributed by atoms with Crippen molar-refractivity contribution in [2.45, 2.75) is 58.7 Å². The van der Waals surface area contributed by atoms with Crippen LogP contribution >= 0.6 is 0 Å². The number of hydrogen-bond acceptors (Lipinski definition) is 9. The second kappa shape index (κ2) is 12.8. The number of fused-ring (bicyclic) bond motifs is 4. The van der Waals surface area contributed by atoms with E-state index in [1.807, 2.05) is 36.5 Å². The lowest BCUT2D eigenvalue weighted by atomic mass is 9.92. The van der Waals surface area contributed by atoms with Crippen LogP contribution in [0.4, 0.5) is 17.2 Å². The van der Waals surface area contributed by atoms with Crippen LogP contribution in [0.3, 0.4) is 0 Å². The maximum absolute atomic E-state index is 12.3. The molecule has 2 atom stereocenters. The van der Waals surface area contributed by atoms with Gasteiger partial charge in [0.2, 0.25) is 5.58 Å². The lowest BCUT2D eigenvalue weighted by molar-refractivity contribution is -0.383. The van der Waals surface area contributed by atoms with E-state index >= 15 is 0 Å². The zero-order chi connectivity index (χ0) is 35.7. The highest BCUT2D eigenvalue weighted by Crippen LogP contribution is 2.47. The summed E-state index contributed by atoms with van der Waals surface area (Å²) in [6, 6.07) is 20.6. The van der Waals surface area contributed by atoms with Gasteiger partial charge in [0.15, 0.2) is 5.82 Å². The number of aryl methyl sites for hydroxylation is 1. The second-order valence-corrected chi connectivity index (χ2v) is 15.0. The summed E-state index contributed by atoms with van der Waals surface area (Å²) in [5.41, 5.74) is 10.7. The number of nitrogens with one attached hydrogen (secondary N) is 1. The molecule has 0 spiro atoms. The molecule has 5 heterocycles. The molecular formula is C42H42N6O4. The fourth-order valence-electron chi connectivity index (χ4n) is 8.81. The van der Waals surface area contributed by atoms with Crippen molar-refractivity contribution in [2.75, 3.05) is 31.5 Å². The van der Waals surface area contributed by atoms with Crippen LogP contribution in [0.25, 0.3) is 44.3 Å². The van der Waals surface area contributed by atoms with Crippen LogP contribution in [0, 0.1) is 29.9 Å². The number of hydrogen-bond donors (Lipinski definition) is 2. The molecule has 0 amide bonds. The molecule has 1 aliphatic carbocycles. The first-order valence-electron chi connectivity index (χ1n) is 18.3. The third-order valence-electron chi connectivity index (χ3n) is 11.5. The summed E-state index contributed by atoms with van der Waals surface area (Å²) >= 11 is 0. The Morgan fingerprint density at radius 2 is 1.77 bits per heavy atom. The van der Waals surface area contributed by atoms with E-state index in [1.54, 1.807) is 12.3 Å². The van der Waals surface area contributed by atoms with E-state index < -0.39 is 0 Å². The number of furan rings is 1. The quantitative estimate of drug-likeness (QED) is 0.119. The van der Waals surface area contributed by atoms with E-state index in [0.29, 0.717) is 29.6 Å². The minimum absolute atomic E-state index is 0.0445. The highest BCUT2D eigenvalue weighted by atomic mass is 16.6. The van der Waals surface area contributed by atoms with E-state index in [1.165, 1.54) is 5.56 Å². The minimum Gasteiger partial charge on any atom is -0.449 e. The van der Waals surface area contributed by atoms with E-state index in [-0.39, 0.29) is 22.8 Å². The number of aromatic nitrogens is 2. The van der Waals surface area contributed by atoms with Crippen LogP contribution in [0.15, 0.2) is 77.5 Å². The van der Waals surface area contributed by atoms with Crippen LogP contribution in [0.1, 0.15) is 53.6 Å². The van der Waals surface area contributed by atoms with Gasteiger partial charge >= 0.3 is 5.69 Å². The Morgan fingerprint density at radius 3 is 2.54 bits per heavy atom. The number of aliphatic hydroxyl groups is 1. The summed E-state index contributed by atoms with van der Waals surface area (Å²) in [5, 5.41) is 27.7. The monoisotopic (exact) mass is 694 g/mol. The van der Waals surface area contributed by atoms with Gasteiger partial charge in [-0.3, -0.25) is 24.9 Å². The molecule has 2 fully saturated rings. The van der Waals surface area contributed by atoms with Crippen LogP contribution in [-0.4, -0.2) is 62.1 Å². The smallest absolute Gasteiger partial charge is 0.312 e. The number of aliphatic hydroxyl groups excluding tert-OH is 1. The van der Waals surface area contributed by atoms with E-state index in [2.05, 4.69) is 65.1 Å². The largest absolute Gasteiger partial charge is 0.449 e. The highest BCUT2D eigenvalue weighted by molar-refractivity contribution is 5.95. The average molecular weight is 695 g/mol. The Morgan fingerprint density at radius 1 is 0.981 bits per heavy atom. The van der Waals surface area contributed by atoms with E-state index in [0.717, 1.165) is 106 Å². The second-order valence-electron chi connectivity index (χ2n) is 15.0. The van der Waals surface area contributed by atoms with Gasteiger partial charge in [0.05, 0.1) is 11.0 Å². The van der Waals surface area contributed by atoms with Crippen molar-refractivity contribution >= 4 is 39.1 Å². The van der Waals surface area contributed by atoms with Crippen LogP contribution < -0.4 is 5.32 Å². The summed E-state index contributed by atoms with van der Waals surface area (Å²) in [7, 11) is 0. The van der Waals surface area contributed by atoms with Crippen molar-refractivity contribution < 1.29 is 14.4 Å². The van der Waals surface area contributed by atoms with Gasteiger partial charge in [-0.25, -0.2) is 4.98 Å². The van der Waals surface area contributed by atoms with Gasteiger partial charge in [0.25, 0.3) is 0 Å². The molecule has 0 bridgehead atoms. The van der Waals surface area contributed by atoms with Gasteiger partial charge in [0, 0.05) is 79.2 Å². The van der Waals surface area contributed by atoms with Gasteiger partial charge in [-0.2, -0.15) is 0 Å². The van der Waals surface area contributed by atoms with Gasteiger partial charge in [0.1, 0.15) is 11.3 Å². The van der Waals surface area contributed by atoms with Crippen molar-refractivity contribution in [3.8, 4) is 22.5 Å². The molecule has 2 aliphatic heterocycles. The Kier molecular flexibility index (Phi) is 8.06. The predicted molar refractivity (Wildman–Crippen MR) is 204 cm³/mol. The summed E-state index contributed by atoms with van der Waals surface area (Å²) in [4.78, 5) is 26.3. The summed E-state index contributed by atoms with van der Waals surface area (Å²) in [6.45, 7) is 10.9. The maximum Gasteiger partial charge on any atom is 0.312 e. The molecule has 9 rings (SSSR count). The van der Waals surface area contributed by atoms with Crippen molar-refractivity contribution in [1.82, 2.24) is 19.8 Å². The Labute approximate surface area is 302 Å². The Balaban J connectivity index is 1.04. The van der Waals surface area contributed by atoms with Crippen molar-refractivity contribution in [3.05, 3.63) is 111 Å². The number of nitrogens with zero attached hydrogens (tertiary/aromatic N) is 5. The number of benzene rings is 3. The molecular weight excluding hydrogens is 653 g/mol. The zero-order valence-corrected chi connectivity index (χ0v) is 29.7. The highest BCUT2D eigenvalue weighted by Gasteiger charge is 2.38. The number of nitro benzene ring substituents is 1. The predicted octanol–water partition coefficient (Wildman–Crippen LogP) is 8.48. The standard InChI is InChI=1S/C42H42N6O4/c1-24-20-47(21-24)37-11-10-33-34(37)17-38(48(50)51)41-35(33)18-39(52-41)32-8-4-6-30(25(32)2)31-7-5-9-36(26(31)3)45-42-40-28(12-14-43-42)16-27(19-44-40)22-46-15-13-29(49)23-46/h4-9,12,14,16-19,24,29,37,49H,10-11,13,15,20-23H2,1-3H3,(H,43,45)/t29-,37?/m1/s1. The zero-order valence-electron chi connectivity index (χ0n) is 29.7. The van der Waals surface area contributed by atoms with Crippen LogP contribution in [0.5, 0.6) is 0 Å². The number of pyridine rings is 2. The number of rotatable bonds is 8. The molecule has 6 aromatic rings. The van der Waals surface area contributed by atoms with Crippen molar-refractivity contribution in [3.63, 3.8) is 0 Å². The first-order chi connectivity index (χ1) is 25.2. The molecule has 10 heteroatoms. The average Bonchev–Trinajstić information content (AvgIpc) is 3.86. The molecule has 10 nitrogen and oxygen atoms in total. The number of likely N-dealkylation sites (tertiary alicyclic amines) is 2. The molecule has 0 radical (unpaired) electrons. The van der Waals surface area contributed by atoms with Crippen molar-refractivity contribution in [1.29, 1.82) is 0 Å². The number of β-amino-alcohol motifs (C(OH)–C–C–N with tert-alkyl or cyclic N) is 1. The Bertz CT molecular complexity index is 2380. The summed E-state index contributed by atoms with van der Waals surface area (Å²) in [5.74, 6) is 2.00. The van der Waals surface area contributed by atoms with Crippen molar-refractivity contribution in [2.24, 2.45) is 5.92 Å². The van der Waals surface area contributed by atoms with Gasteiger partial charge in [-0.15, -0.1) is 0 Å². The number of non-ortho nitro benzene ring substituents is 1. The molecule has 1 unspecified atom stereocenters. The first-order valence-corrected chi connectivity index (χ1v) is 18.3. The summed E-state index contributed by atoms with van der Waals surface area (Å²) in [6.07, 6.45) is 6.15. The van der Waals surface area contributed by atoms with Crippen LogP contribution in [0.2, 0.25) is 0 Å². The molecule has 2 saturated heterocycles. The van der Waals surface area contributed by atoms with E-state index in [4.69, 9.17) is 9.40 Å². The third-order valence-corrected chi connectivity index (χ3v) is 11.5. The molecule has 3 aromatic heterocycles. The number of nitro groups is 1. The Hall–Kier alpha value is -5.16. The number of anilines is 2. The fraction of sp³-hybridized carbons (Fsp3) is 0.333. The summed E-state index contributed by atoms with van der Waals surface area (Å²) < 4.78 is 6.42. The van der Waals surface area contributed by atoms with E-state index in [9.17, 15) is 15.2 Å². The van der Waals surface area contributed by atoms with Crippen LogP contribution in [-0.2, 0) is 13.0 Å². The topological polar surface area (TPSA) is 121 Å². The molecule has 264 valence electrons. The maximum atomic E-state index is 12.3. The third kappa shape index (κ3) is 5.62. The lowest BCUT2D eigenvalue weighted by Crippen LogP contribution is -2.46. The normalized spacial score (nSPS) is 19.4. The first kappa shape index (κ1) is 32.7. The lowest BCUT2D eigenvalue weighted by Gasteiger charge is -2.42. The van der Waals surface area contributed by atoms with Gasteiger partial charge in [-0.05, 0) is 102 Å². The molecule has 2 N–H and O–H groups in total. The SMILES string of the molecule is Cc1c(Nc2nccc3cc(CN4CC[C@@H](O)C4)cnc23)cccc1-c1cccc(-c2cc3c4c(cc([N+](=O)[O-])c3o2)C(N2CC(C)C2)CC4)c1C. The minimum atomic E-state index is -0.297. The van der Waals surface area contributed by atoms with Gasteiger partial charge < -0.3 is 14.8 Å². The fourth-order valence-corrected chi connectivity index (χ4v) is 8.81. The molecule has 3 aromatic carbocycles. The molecule has 3 aliphatic rings. The molecule has 52 heavy (non-hydrogen) atoms. The molecule has 0 saturated carbocycles. The van der Waals surface area contributed by atoms with Gasteiger partial charge in [-0.1, -0.05) is 37.3 Å².